The molecule has 23 rings (SSSR count). The van der Waals surface area contributed by atoms with Crippen LogP contribution in [0.4, 0.5) is 0 Å². The first kappa shape index (κ1) is 110. The Hall–Kier alpha value is -15.1. The zero-order chi connectivity index (χ0) is 95.8. The minimum Gasteiger partial charge on any atom is -0.305 e. The van der Waals surface area contributed by atoms with Gasteiger partial charge < -0.3 is 29.9 Å². The number of rotatable bonds is 14. The van der Waals surface area contributed by atoms with Crippen LogP contribution < -0.4 is 0 Å². The van der Waals surface area contributed by atoms with Gasteiger partial charge in [0.15, 0.2) is 5.78 Å². The predicted molar refractivity (Wildman–Crippen MR) is 573 cm³/mol. The van der Waals surface area contributed by atoms with Crippen molar-refractivity contribution in [3.8, 4) is 135 Å². The predicted octanol–water partition coefficient (Wildman–Crippen LogP) is 31.9. The van der Waals surface area contributed by atoms with Gasteiger partial charge in [-0.3, -0.25) is 14.8 Å². The molecule has 0 atom stereocenters. The Bertz CT molecular complexity index is 7100. The number of benzene rings is 15. The molecule has 0 aliphatic heterocycles. The summed E-state index contributed by atoms with van der Waals surface area (Å²) in [5.41, 5.74) is 29.9. The van der Waals surface area contributed by atoms with Gasteiger partial charge in [0.05, 0.1) is 11.0 Å². The maximum Gasteiger partial charge on any atom is 0.152 e. The fraction of sp³-hybridized carbons (Fsp3) is 0.0305. The topological polar surface area (TPSA) is 120 Å². The number of carbonyl (C=O) groups is 1. The van der Waals surface area contributed by atoms with E-state index >= 15 is 0 Å². The maximum atomic E-state index is 12.4. The van der Waals surface area contributed by atoms with Gasteiger partial charge in [0.25, 0.3) is 0 Å². The van der Waals surface area contributed by atoms with Gasteiger partial charge in [0.1, 0.15) is 0 Å². The molecule has 0 unspecified atom stereocenters. The van der Waals surface area contributed by atoms with Gasteiger partial charge >= 0.3 is 0 Å². The molecule has 9 nitrogen and oxygen atoms in total. The Kier molecular flexibility index (Phi) is 44.5. The van der Waals surface area contributed by atoms with Crippen molar-refractivity contribution in [3.63, 3.8) is 0 Å². The van der Waals surface area contributed by atoms with Crippen LogP contribution in [0.2, 0.25) is 0 Å². The molecule has 0 aliphatic rings. The van der Waals surface area contributed by atoms with Crippen LogP contribution in [0, 0.1) is 48.5 Å². The molecule has 8 aromatic heterocycles. The van der Waals surface area contributed by atoms with Crippen LogP contribution in [0.25, 0.3) is 156 Å². The summed E-state index contributed by atoms with van der Waals surface area (Å²) in [5, 5.41) is 2.34. The second kappa shape index (κ2) is 58.5. The second-order valence-electron chi connectivity index (χ2n) is 32.9. The van der Waals surface area contributed by atoms with Crippen molar-refractivity contribution in [3.05, 3.63) is 594 Å². The Morgan fingerprint density at radius 1 is 0.221 bits per heavy atom. The molecule has 15 aromatic carbocycles. The standard InChI is InChI=1S/C22H20NO.C21H14N.3C17H12N.C15H10N.2C11H8N.5Ir/c1-22(2,3)19-13-14-20(23-15-19)16-9-11-18(12-10-16)21(24)17-7-5-4-6-8-17;1-3-9-16(10-4-1)19-15-21(17-11-5-2-6-12-17)22-20-14-8-7-13-18(19)20;2*1-3-7-14(8-4-1)16-11-12-18-17(13-16)15-9-5-2-6-10-15;1-2-7-14(8-3-1)15-9-6-10-16(13-15)17-11-4-5-12-18-17;1-2-6-12(7-3-1)15-11-10-13-8-4-5-9-14(13)16-15;2*1-2-6-10(7-3-1)11-8-4-5-9-12-11;;;;;/h4-9,11-15H,1-3H3;1-11,13-15H;3*1-9,11-13H;1-6,8-11H;2*1-6,8-9H;;;;;/q8*-1;;;;;. The van der Waals surface area contributed by atoms with Crippen molar-refractivity contribution in [1.29, 1.82) is 0 Å². The molecule has 0 fully saturated rings. The third-order valence-electron chi connectivity index (χ3n) is 22.2. The minimum atomic E-state index is 0. The fourth-order valence-electron chi connectivity index (χ4n) is 14.9. The Balaban J connectivity index is 0.000000158. The van der Waals surface area contributed by atoms with E-state index in [0.717, 1.165) is 101 Å². The summed E-state index contributed by atoms with van der Waals surface area (Å²) in [7, 11) is 0. The van der Waals surface area contributed by atoms with Gasteiger partial charge in [-0.2, -0.15) is 0 Å². The van der Waals surface area contributed by atoms with Crippen LogP contribution in [0.15, 0.2) is 529 Å². The summed E-state index contributed by atoms with van der Waals surface area (Å²) >= 11 is 0. The zero-order valence-electron chi connectivity index (χ0n) is 79.4. The molecule has 5 radical (unpaired) electrons. The number of carbonyl (C=O) groups excluding carboxylic acids is 1. The van der Waals surface area contributed by atoms with E-state index in [1.165, 1.54) is 60.8 Å². The molecule has 0 N–H and O–H groups in total. The third kappa shape index (κ3) is 32.7. The SMILES string of the molecule is CC(C)(C)c1ccc(-c2[c-]cc(C(=O)c3ccccc3)cc2)nc1.[Ir].[Ir].[Ir].[Ir].[Ir].[c-]1ccc(-c2ccccc2)cc1-c1ccccn1.[c-]1ccccc1-c1cc(-c2ccccc2)c2ccccc2n1.[c-]1ccccc1-c1cc(-c2ccccc2)ccn1.[c-]1ccccc1-c1cc(-c2ccccc2)ccn1.[c-]1ccccc1-c1ccc2ccccc2n1.[c-]1ccccc1-c1ccccn1.[c-]1ccccc1-c1ccccn1. The molecular weight excluding hydrogens is 2660 g/mol. The first-order valence-electron chi connectivity index (χ1n) is 46.1. The minimum absolute atomic E-state index is 0. The van der Waals surface area contributed by atoms with E-state index in [0.29, 0.717) is 11.1 Å². The van der Waals surface area contributed by atoms with Gasteiger partial charge in [-0.1, -0.05) is 293 Å². The molecule has 0 aliphatic carbocycles. The van der Waals surface area contributed by atoms with Crippen LogP contribution in [0.5, 0.6) is 0 Å². The maximum absolute atomic E-state index is 12.4. The molecule has 0 saturated carbocycles. The van der Waals surface area contributed by atoms with Gasteiger partial charge in [-0.15, -0.1) is 281 Å². The second-order valence-corrected chi connectivity index (χ2v) is 32.9. The van der Waals surface area contributed by atoms with Crippen molar-refractivity contribution in [1.82, 2.24) is 39.9 Å². The van der Waals surface area contributed by atoms with Crippen LogP contribution in [-0.2, 0) is 106 Å². The number of para-hydroxylation sites is 2. The molecule has 145 heavy (non-hydrogen) atoms. The average Bonchev–Trinajstić information content (AvgIpc) is 0.779. The van der Waals surface area contributed by atoms with Gasteiger partial charge in [0.2, 0.25) is 0 Å². The molecular formula is C131H96Ir5N8O-8. The van der Waals surface area contributed by atoms with Crippen molar-refractivity contribution >= 4 is 27.6 Å². The van der Waals surface area contributed by atoms with Crippen molar-refractivity contribution in [2.75, 3.05) is 0 Å². The van der Waals surface area contributed by atoms with E-state index < -0.39 is 0 Å². The van der Waals surface area contributed by atoms with Crippen LogP contribution in [-0.4, -0.2) is 45.7 Å². The first-order valence-corrected chi connectivity index (χ1v) is 46.1. The smallest absolute Gasteiger partial charge is 0.152 e. The third-order valence-corrected chi connectivity index (χ3v) is 22.2. The Morgan fingerprint density at radius 3 is 0.993 bits per heavy atom. The van der Waals surface area contributed by atoms with E-state index in [-0.39, 0.29) is 112 Å². The van der Waals surface area contributed by atoms with Gasteiger partial charge in [0, 0.05) is 149 Å². The number of hydrogen-bond donors (Lipinski definition) is 0. The van der Waals surface area contributed by atoms with Crippen molar-refractivity contribution < 1.29 is 105 Å². The molecule has 0 bridgehead atoms. The van der Waals surface area contributed by atoms with Crippen LogP contribution in [0.1, 0.15) is 42.3 Å². The summed E-state index contributed by atoms with van der Waals surface area (Å²) in [5.74, 6) is 0.00874. The Labute approximate surface area is 918 Å². The quantitative estimate of drug-likeness (QED) is 0.0774. The van der Waals surface area contributed by atoms with Gasteiger partial charge in [-0.25, -0.2) is 0 Å². The molecule has 0 saturated heterocycles. The summed E-state index contributed by atoms with van der Waals surface area (Å²) in [6.07, 6.45) is 11.0. The first-order chi connectivity index (χ1) is 69.0. The van der Waals surface area contributed by atoms with E-state index in [4.69, 9.17) is 4.98 Å². The normalized spacial score (nSPS) is 10.1. The van der Waals surface area contributed by atoms with Crippen molar-refractivity contribution in [2.45, 2.75) is 26.2 Å². The monoisotopic (exact) mass is 2760 g/mol. The Morgan fingerprint density at radius 2 is 0.572 bits per heavy atom. The number of fused-ring (bicyclic) bond motifs is 2. The number of nitrogens with zero attached hydrogens (tertiary/aromatic N) is 8. The number of pyridine rings is 8. The molecule has 0 spiro atoms. The average molecular weight is 2760 g/mol. The van der Waals surface area contributed by atoms with Crippen LogP contribution in [0.3, 0.4) is 0 Å². The molecule has 719 valence electrons. The summed E-state index contributed by atoms with van der Waals surface area (Å²) in [6.45, 7) is 6.50. The van der Waals surface area contributed by atoms with Crippen LogP contribution >= 0.6 is 0 Å². The van der Waals surface area contributed by atoms with E-state index in [1.807, 2.05) is 377 Å². The summed E-state index contributed by atoms with van der Waals surface area (Å²) in [6, 6.07) is 188. The van der Waals surface area contributed by atoms with Crippen molar-refractivity contribution in [2.24, 2.45) is 0 Å². The molecule has 14 heteroatoms. The van der Waals surface area contributed by atoms with E-state index in [1.54, 1.807) is 24.7 Å². The molecule has 0 amide bonds. The largest absolute Gasteiger partial charge is 0.305 e. The zero-order valence-corrected chi connectivity index (χ0v) is 91.4. The summed E-state index contributed by atoms with van der Waals surface area (Å²) < 4.78 is 0. The number of aromatic nitrogens is 8. The number of hydrogen-bond acceptors (Lipinski definition) is 9. The molecule has 23 aromatic rings. The fourth-order valence-corrected chi connectivity index (χ4v) is 14.9. The van der Waals surface area contributed by atoms with E-state index in [2.05, 4.69) is 232 Å². The molecule has 8 heterocycles. The number of ketones is 1. The van der Waals surface area contributed by atoms with E-state index in [9.17, 15) is 4.79 Å². The summed E-state index contributed by atoms with van der Waals surface area (Å²) in [4.78, 5) is 48.0. The van der Waals surface area contributed by atoms with Gasteiger partial charge in [-0.05, 0) is 143 Å².